The molecule has 3 heterocycles. The zero-order chi connectivity index (χ0) is 24.9. The van der Waals surface area contributed by atoms with E-state index in [-0.39, 0.29) is 5.75 Å². The van der Waals surface area contributed by atoms with Gasteiger partial charge in [-0.25, -0.2) is 4.98 Å². The number of aromatic nitrogens is 3. The van der Waals surface area contributed by atoms with E-state index < -0.39 is 0 Å². The average molecular weight is 479 g/mol. The van der Waals surface area contributed by atoms with Gasteiger partial charge in [-0.3, -0.25) is 9.88 Å². The third-order valence-corrected chi connectivity index (χ3v) is 6.69. The first-order valence-electron chi connectivity index (χ1n) is 12.3. The maximum atomic E-state index is 10.5. The van der Waals surface area contributed by atoms with E-state index in [0.717, 1.165) is 60.7 Å². The number of aromatic hydroxyl groups is 1. The lowest BCUT2D eigenvalue weighted by atomic mass is 10.0. The minimum absolute atomic E-state index is 0.170. The molecule has 0 atom stereocenters. The second-order valence-electron chi connectivity index (χ2n) is 9.33. The number of hydrogen-bond donors (Lipinski definition) is 2. The van der Waals surface area contributed by atoms with Crippen molar-refractivity contribution in [3.63, 3.8) is 0 Å². The number of hydrogen-bond acceptors (Lipinski definition) is 6. The number of anilines is 1. The number of piperidine rings is 1. The fraction of sp³-hybridized carbons (Fsp3) is 0.276. The number of likely N-dealkylation sites (tertiary alicyclic amines) is 1. The summed E-state index contributed by atoms with van der Waals surface area (Å²) in [5, 5.41) is 23.1. The van der Waals surface area contributed by atoms with Gasteiger partial charge in [0.1, 0.15) is 11.4 Å². The predicted molar refractivity (Wildman–Crippen MR) is 142 cm³/mol. The summed E-state index contributed by atoms with van der Waals surface area (Å²) in [6, 6.07) is 22.4. The summed E-state index contributed by atoms with van der Waals surface area (Å²) in [7, 11) is 0. The Labute approximate surface area is 211 Å². The second-order valence-corrected chi connectivity index (χ2v) is 9.33. The number of benzene rings is 2. The van der Waals surface area contributed by atoms with Crippen molar-refractivity contribution < 1.29 is 5.11 Å². The highest BCUT2D eigenvalue weighted by Gasteiger charge is 2.22. The van der Waals surface area contributed by atoms with Crippen LogP contribution < -0.4 is 5.32 Å². The van der Waals surface area contributed by atoms with Crippen LogP contribution in [0.4, 0.5) is 5.95 Å². The minimum Gasteiger partial charge on any atom is -0.506 e. The Morgan fingerprint density at radius 3 is 2.64 bits per heavy atom. The Hall–Kier alpha value is -4.15. The molecule has 1 aliphatic rings. The number of allylic oxidation sites excluding steroid dienone is 1. The van der Waals surface area contributed by atoms with Gasteiger partial charge < -0.3 is 15.0 Å². The molecule has 5 rings (SSSR count). The van der Waals surface area contributed by atoms with Crippen LogP contribution in [0.15, 0.2) is 66.7 Å². The van der Waals surface area contributed by atoms with Crippen molar-refractivity contribution in [1.29, 1.82) is 5.26 Å². The van der Waals surface area contributed by atoms with Crippen molar-refractivity contribution in [2.75, 3.05) is 18.4 Å². The van der Waals surface area contributed by atoms with Gasteiger partial charge in [-0.15, -0.1) is 0 Å². The number of nitriles is 1. The summed E-state index contributed by atoms with van der Waals surface area (Å²) in [5.74, 6) is 0.943. The van der Waals surface area contributed by atoms with E-state index in [1.165, 1.54) is 11.6 Å². The Kier molecular flexibility index (Phi) is 6.96. The third-order valence-electron chi connectivity index (χ3n) is 6.69. The van der Waals surface area contributed by atoms with E-state index in [1.807, 2.05) is 31.2 Å². The van der Waals surface area contributed by atoms with Crippen LogP contribution in [-0.4, -0.2) is 43.7 Å². The summed E-state index contributed by atoms with van der Waals surface area (Å²) >= 11 is 0. The highest BCUT2D eigenvalue weighted by atomic mass is 16.3. The van der Waals surface area contributed by atoms with Gasteiger partial charge in [0.05, 0.1) is 23.6 Å². The highest BCUT2D eigenvalue weighted by molar-refractivity contribution is 5.81. The summed E-state index contributed by atoms with van der Waals surface area (Å²) in [4.78, 5) is 12.0. The average Bonchev–Trinajstić information content (AvgIpc) is 3.22. The number of nitrogens with zero attached hydrogens (tertiary/aromatic N) is 5. The monoisotopic (exact) mass is 478 g/mol. The van der Waals surface area contributed by atoms with Gasteiger partial charge in [-0.05, 0) is 61.2 Å². The molecule has 7 heteroatoms. The largest absolute Gasteiger partial charge is 0.506 e. The molecule has 2 N–H and O–H groups in total. The molecule has 0 radical (unpaired) electrons. The van der Waals surface area contributed by atoms with Crippen LogP contribution in [0.25, 0.3) is 17.1 Å². The number of fused-ring (bicyclic) bond motifs is 1. The van der Waals surface area contributed by atoms with E-state index in [1.54, 1.807) is 18.2 Å². The predicted octanol–water partition coefficient (Wildman–Crippen LogP) is 5.11. The van der Waals surface area contributed by atoms with Crippen LogP contribution in [0, 0.1) is 18.3 Å². The van der Waals surface area contributed by atoms with Crippen molar-refractivity contribution in [1.82, 2.24) is 19.4 Å². The van der Waals surface area contributed by atoms with Crippen LogP contribution in [0.3, 0.4) is 0 Å². The van der Waals surface area contributed by atoms with Crippen molar-refractivity contribution >= 4 is 23.1 Å². The van der Waals surface area contributed by atoms with Gasteiger partial charge in [0.25, 0.3) is 0 Å². The molecule has 0 unspecified atom stereocenters. The Morgan fingerprint density at radius 2 is 1.86 bits per heavy atom. The van der Waals surface area contributed by atoms with E-state index >= 15 is 0 Å². The SMILES string of the molecule is Cc1ccc(O)c(Cn2c(NC3CCN(Cc4ccccc4)CC3)nc3ccc(/C=C/C#N)cc32)n1. The lowest BCUT2D eigenvalue weighted by molar-refractivity contribution is 0.211. The van der Waals surface area contributed by atoms with Crippen LogP contribution in [0.1, 0.15) is 35.4 Å². The lowest BCUT2D eigenvalue weighted by Gasteiger charge is -2.32. The van der Waals surface area contributed by atoms with Crippen molar-refractivity contribution in [3.8, 4) is 11.8 Å². The standard InChI is InChI=1S/C29H30N6O/c1-21-9-12-28(36)26(31-21)20-35-27-18-22(8-5-15-30)10-11-25(27)33-29(35)32-24-13-16-34(17-14-24)19-23-6-3-2-4-7-23/h2-12,18,24,36H,13-14,16-17,19-20H2,1H3,(H,32,33)/b8-5+. The number of nitrogens with one attached hydrogen (secondary N) is 1. The van der Waals surface area contributed by atoms with E-state index in [2.05, 4.69) is 50.1 Å². The Balaban J connectivity index is 1.39. The van der Waals surface area contributed by atoms with Crippen LogP contribution in [0.5, 0.6) is 5.75 Å². The first kappa shape index (κ1) is 23.6. The first-order chi connectivity index (χ1) is 17.6. The first-order valence-corrected chi connectivity index (χ1v) is 12.3. The normalized spacial score (nSPS) is 14.9. The summed E-state index contributed by atoms with van der Waals surface area (Å²) in [6.45, 7) is 5.34. The maximum Gasteiger partial charge on any atom is 0.204 e. The Bertz CT molecular complexity index is 1410. The third kappa shape index (κ3) is 5.40. The number of aryl methyl sites for hydroxylation is 1. The molecular weight excluding hydrogens is 448 g/mol. The number of pyridine rings is 1. The van der Waals surface area contributed by atoms with Gasteiger partial charge in [0.2, 0.25) is 5.95 Å². The molecule has 0 aliphatic carbocycles. The fourth-order valence-electron chi connectivity index (χ4n) is 4.78. The van der Waals surface area contributed by atoms with Crippen LogP contribution >= 0.6 is 0 Å². The van der Waals surface area contributed by atoms with E-state index in [9.17, 15) is 5.11 Å². The quantitative estimate of drug-likeness (QED) is 0.359. The number of imidazole rings is 1. The van der Waals surface area contributed by atoms with E-state index in [4.69, 9.17) is 10.2 Å². The van der Waals surface area contributed by atoms with Crippen LogP contribution in [-0.2, 0) is 13.1 Å². The van der Waals surface area contributed by atoms with Crippen molar-refractivity contribution in [2.24, 2.45) is 0 Å². The Morgan fingerprint density at radius 1 is 1.06 bits per heavy atom. The van der Waals surface area contributed by atoms with E-state index in [0.29, 0.717) is 18.3 Å². The van der Waals surface area contributed by atoms with Gasteiger partial charge in [0, 0.05) is 37.4 Å². The second kappa shape index (κ2) is 10.6. The molecule has 4 aromatic rings. The van der Waals surface area contributed by atoms with Gasteiger partial charge in [-0.1, -0.05) is 36.4 Å². The fourth-order valence-corrected chi connectivity index (χ4v) is 4.78. The zero-order valence-electron chi connectivity index (χ0n) is 20.4. The maximum absolute atomic E-state index is 10.5. The molecule has 1 aliphatic heterocycles. The van der Waals surface area contributed by atoms with Gasteiger partial charge >= 0.3 is 0 Å². The topological polar surface area (TPSA) is 90.0 Å². The summed E-state index contributed by atoms with van der Waals surface area (Å²) < 4.78 is 2.08. The minimum atomic E-state index is 0.170. The zero-order valence-corrected chi connectivity index (χ0v) is 20.4. The molecule has 0 spiro atoms. The molecule has 0 bridgehead atoms. The smallest absolute Gasteiger partial charge is 0.204 e. The number of rotatable bonds is 7. The molecular formula is C29H30N6O. The molecule has 2 aromatic heterocycles. The molecule has 182 valence electrons. The molecule has 2 aromatic carbocycles. The molecule has 7 nitrogen and oxygen atoms in total. The van der Waals surface area contributed by atoms with Crippen molar-refractivity contribution in [3.05, 3.63) is 89.3 Å². The molecule has 36 heavy (non-hydrogen) atoms. The molecule has 0 amide bonds. The summed E-state index contributed by atoms with van der Waals surface area (Å²) in [6.07, 6.45) is 5.31. The lowest BCUT2D eigenvalue weighted by Crippen LogP contribution is -2.39. The highest BCUT2D eigenvalue weighted by Crippen LogP contribution is 2.27. The molecule has 1 saturated heterocycles. The molecule has 0 saturated carbocycles. The molecule has 1 fully saturated rings. The van der Waals surface area contributed by atoms with Crippen LogP contribution in [0.2, 0.25) is 0 Å². The van der Waals surface area contributed by atoms with Gasteiger partial charge in [0.15, 0.2) is 0 Å². The van der Waals surface area contributed by atoms with Gasteiger partial charge in [-0.2, -0.15) is 5.26 Å². The van der Waals surface area contributed by atoms with Crippen molar-refractivity contribution in [2.45, 2.75) is 38.9 Å². The summed E-state index contributed by atoms with van der Waals surface area (Å²) in [5.41, 5.74) is 5.52.